The molecule has 1 aromatic carbocycles. The topological polar surface area (TPSA) is 69.8 Å². The van der Waals surface area contributed by atoms with E-state index in [1.807, 2.05) is 12.1 Å². The van der Waals surface area contributed by atoms with Gasteiger partial charge in [-0.05, 0) is 29.5 Å². The van der Waals surface area contributed by atoms with Crippen LogP contribution in [0.5, 0.6) is 0 Å². The van der Waals surface area contributed by atoms with Gasteiger partial charge in [0.25, 0.3) is 0 Å². The van der Waals surface area contributed by atoms with Crippen molar-refractivity contribution in [2.45, 2.75) is 25.7 Å². The zero-order valence-electron chi connectivity index (χ0n) is 9.70. The molecule has 0 amide bonds. The molecule has 2 aromatic rings. The molecule has 1 heterocycles. The van der Waals surface area contributed by atoms with E-state index in [1.165, 1.54) is 0 Å². The Kier molecular flexibility index (Phi) is 1.68. The molecule has 1 aromatic heterocycles. The van der Waals surface area contributed by atoms with Crippen LogP contribution in [-0.2, 0) is 5.41 Å². The summed E-state index contributed by atoms with van der Waals surface area (Å²) in [5, 5.41) is 9.38. The van der Waals surface area contributed by atoms with Crippen molar-refractivity contribution in [3.8, 4) is 6.07 Å². The maximum Gasteiger partial charge on any atom is 0.417 e. The number of rotatable bonds is 1. The van der Waals surface area contributed by atoms with Gasteiger partial charge < -0.3 is 4.42 Å². The molecule has 17 heavy (non-hydrogen) atoms. The van der Waals surface area contributed by atoms with Crippen molar-refractivity contribution in [1.82, 2.24) is 4.98 Å². The number of oxazole rings is 1. The molecule has 0 spiro atoms. The van der Waals surface area contributed by atoms with Gasteiger partial charge >= 0.3 is 5.76 Å². The summed E-state index contributed by atoms with van der Waals surface area (Å²) >= 11 is 0. The average Bonchev–Trinajstić information content (AvgIpc) is 2.65. The van der Waals surface area contributed by atoms with Gasteiger partial charge in [-0.1, -0.05) is 19.9 Å². The number of nitrogens with one attached hydrogen (secondary N) is 1. The molecule has 0 bridgehead atoms. The average molecular weight is 228 g/mol. The van der Waals surface area contributed by atoms with Crippen molar-refractivity contribution in [2.75, 3.05) is 0 Å². The van der Waals surface area contributed by atoms with E-state index in [2.05, 4.69) is 24.9 Å². The van der Waals surface area contributed by atoms with Crippen molar-refractivity contribution < 1.29 is 4.42 Å². The highest BCUT2D eigenvalue weighted by atomic mass is 16.4. The van der Waals surface area contributed by atoms with Crippen molar-refractivity contribution >= 4 is 11.1 Å². The molecule has 3 rings (SSSR count). The summed E-state index contributed by atoms with van der Waals surface area (Å²) in [6, 6.07) is 7.87. The number of aromatic amines is 1. The van der Waals surface area contributed by atoms with Crippen LogP contribution in [-0.4, -0.2) is 4.98 Å². The minimum Gasteiger partial charge on any atom is -0.408 e. The minimum absolute atomic E-state index is 0.000539. The number of aromatic nitrogens is 1. The molecule has 4 heteroatoms. The van der Waals surface area contributed by atoms with Crippen LogP contribution >= 0.6 is 0 Å². The van der Waals surface area contributed by atoms with Crippen LogP contribution in [0, 0.1) is 16.7 Å². The quantitative estimate of drug-likeness (QED) is 0.814. The fourth-order valence-electron chi connectivity index (χ4n) is 2.58. The number of hydrogen-bond donors (Lipinski definition) is 1. The van der Waals surface area contributed by atoms with Crippen molar-refractivity contribution in [3.63, 3.8) is 0 Å². The molecular formula is C13H12N2O2. The van der Waals surface area contributed by atoms with Crippen molar-refractivity contribution in [1.29, 1.82) is 5.26 Å². The molecule has 1 fully saturated rings. The molecule has 1 aliphatic rings. The SMILES string of the molecule is CC1(C)CC1(C#N)c1ccc2oc(=O)[nH]c2c1. The highest BCUT2D eigenvalue weighted by Crippen LogP contribution is 2.63. The Bertz CT molecular complexity index is 702. The van der Waals surface area contributed by atoms with Crippen LogP contribution < -0.4 is 5.76 Å². The monoisotopic (exact) mass is 228 g/mol. The smallest absolute Gasteiger partial charge is 0.408 e. The molecule has 1 saturated carbocycles. The third-order valence-corrected chi connectivity index (χ3v) is 3.84. The van der Waals surface area contributed by atoms with Crippen LogP contribution in [0.15, 0.2) is 27.4 Å². The fourth-order valence-corrected chi connectivity index (χ4v) is 2.58. The second kappa shape index (κ2) is 2.80. The summed E-state index contributed by atoms with van der Waals surface area (Å²) in [7, 11) is 0. The van der Waals surface area contributed by atoms with Gasteiger partial charge in [-0.2, -0.15) is 5.26 Å². The normalized spacial score (nSPS) is 25.7. The van der Waals surface area contributed by atoms with Gasteiger partial charge in [0.05, 0.1) is 17.0 Å². The van der Waals surface area contributed by atoms with Gasteiger partial charge in [-0.25, -0.2) is 4.79 Å². The van der Waals surface area contributed by atoms with Gasteiger partial charge in [0, 0.05) is 0 Å². The minimum atomic E-state index is -0.460. The number of fused-ring (bicyclic) bond motifs is 1. The molecule has 1 aliphatic carbocycles. The first-order valence-corrected chi connectivity index (χ1v) is 5.53. The van der Waals surface area contributed by atoms with E-state index >= 15 is 0 Å². The Morgan fingerprint density at radius 3 is 2.76 bits per heavy atom. The number of hydrogen-bond acceptors (Lipinski definition) is 3. The summed E-state index contributed by atoms with van der Waals surface area (Å²) in [4.78, 5) is 13.7. The lowest BCUT2D eigenvalue weighted by Gasteiger charge is -2.12. The summed E-state index contributed by atoms with van der Waals surface area (Å²) in [5.41, 5.74) is 1.72. The molecule has 1 N–H and O–H groups in total. The van der Waals surface area contributed by atoms with Gasteiger partial charge in [-0.15, -0.1) is 0 Å². The fraction of sp³-hybridized carbons (Fsp3) is 0.385. The second-order valence-electron chi connectivity index (χ2n) is 5.30. The maximum atomic E-state index is 11.1. The van der Waals surface area contributed by atoms with Crippen LogP contribution in [0.3, 0.4) is 0 Å². The van der Waals surface area contributed by atoms with E-state index in [0.717, 1.165) is 12.0 Å². The van der Waals surface area contributed by atoms with E-state index in [9.17, 15) is 10.1 Å². The Hall–Kier alpha value is -2.02. The van der Waals surface area contributed by atoms with E-state index in [0.29, 0.717) is 11.1 Å². The molecule has 0 radical (unpaired) electrons. The summed E-state index contributed by atoms with van der Waals surface area (Å²) in [6.45, 7) is 4.16. The number of nitriles is 1. The van der Waals surface area contributed by atoms with Gasteiger partial charge in [-0.3, -0.25) is 4.98 Å². The molecule has 1 unspecified atom stereocenters. The Morgan fingerprint density at radius 1 is 1.47 bits per heavy atom. The highest BCUT2D eigenvalue weighted by Gasteiger charge is 2.63. The lowest BCUT2D eigenvalue weighted by Crippen LogP contribution is -2.11. The molecule has 0 aliphatic heterocycles. The maximum absolute atomic E-state index is 11.1. The Labute approximate surface area is 97.9 Å². The van der Waals surface area contributed by atoms with E-state index in [4.69, 9.17) is 4.42 Å². The molecule has 0 saturated heterocycles. The van der Waals surface area contributed by atoms with E-state index in [1.54, 1.807) is 6.07 Å². The number of nitrogens with zero attached hydrogens (tertiary/aromatic N) is 1. The zero-order chi connectivity index (χ0) is 12.3. The molecule has 4 nitrogen and oxygen atoms in total. The summed E-state index contributed by atoms with van der Waals surface area (Å²) in [5.74, 6) is -0.460. The molecule has 86 valence electrons. The van der Waals surface area contributed by atoms with Crippen molar-refractivity contribution in [2.24, 2.45) is 5.41 Å². The van der Waals surface area contributed by atoms with Crippen LogP contribution in [0.2, 0.25) is 0 Å². The molecule has 1 atom stereocenters. The van der Waals surface area contributed by atoms with E-state index < -0.39 is 11.2 Å². The largest absolute Gasteiger partial charge is 0.417 e. The van der Waals surface area contributed by atoms with Crippen molar-refractivity contribution in [3.05, 3.63) is 34.3 Å². The zero-order valence-corrected chi connectivity index (χ0v) is 9.70. The number of benzene rings is 1. The van der Waals surface area contributed by atoms with Gasteiger partial charge in [0.1, 0.15) is 0 Å². The summed E-state index contributed by atoms with van der Waals surface area (Å²) < 4.78 is 4.95. The first-order chi connectivity index (χ1) is 7.98. The third kappa shape index (κ3) is 1.19. The predicted octanol–water partition coefficient (Wildman–Crippen LogP) is 2.31. The number of H-pyrrole nitrogens is 1. The second-order valence-corrected chi connectivity index (χ2v) is 5.30. The Morgan fingerprint density at radius 2 is 2.18 bits per heavy atom. The van der Waals surface area contributed by atoms with Gasteiger partial charge in [0.15, 0.2) is 5.58 Å². The first kappa shape index (κ1) is 10.2. The first-order valence-electron chi connectivity index (χ1n) is 5.53. The molecular weight excluding hydrogens is 216 g/mol. The Balaban J connectivity index is 2.20. The highest BCUT2D eigenvalue weighted by molar-refractivity contribution is 5.74. The summed E-state index contributed by atoms with van der Waals surface area (Å²) in [6.07, 6.45) is 0.851. The van der Waals surface area contributed by atoms with E-state index in [-0.39, 0.29) is 5.41 Å². The van der Waals surface area contributed by atoms with Crippen LogP contribution in [0.4, 0.5) is 0 Å². The van der Waals surface area contributed by atoms with Crippen LogP contribution in [0.1, 0.15) is 25.8 Å². The predicted molar refractivity (Wildman–Crippen MR) is 62.5 cm³/mol. The third-order valence-electron chi connectivity index (χ3n) is 3.84. The standard InChI is InChI=1S/C13H12N2O2/c1-12(2)6-13(12,7-14)8-3-4-10-9(5-8)15-11(16)17-10/h3-5H,6H2,1-2H3,(H,15,16). The van der Waals surface area contributed by atoms with Crippen LogP contribution in [0.25, 0.3) is 11.1 Å². The lowest BCUT2D eigenvalue weighted by atomic mass is 9.89. The lowest BCUT2D eigenvalue weighted by molar-refractivity contribution is 0.554. The van der Waals surface area contributed by atoms with Gasteiger partial charge in [0.2, 0.25) is 0 Å².